The van der Waals surface area contributed by atoms with Crippen LogP contribution >= 0.6 is 11.3 Å². The summed E-state index contributed by atoms with van der Waals surface area (Å²) in [6.45, 7) is 6.57. The fourth-order valence-corrected chi connectivity index (χ4v) is 3.11. The van der Waals surface area contributed by atoms with Gasteiger partial charge in [-0.15, -0.1) is 11.3 Å². The van der Waals surface area contributed by atoms with Crippen LogP contribution in [0.4, 0.5) is 5.13 Å². The Bertz CT molecular complexity index is 393. The summed E-state index contributed by atoms with van der Waals surface area (Å²) in [5.41, 5.74) is 0. The predicted molar refractivity (Wildman–Crippen MR) is 77.2 cm³/mol. The first-order valence-electron chi connectivity index (χ1n) is 7.17. The van der Waals surface area contributed by atoms with E-state index in [1.54, 1.807) is 0 Å². The van der Waals surface area contributed by atoms with Crippen molar-refractivity contribution in [3.63, 3.8) is 0 Å². The summed E-state index contributed by atoms with van der Waals surface area (Å²) in [7, 11) is 0. The van der Waals surface area contributed by atoms with Gasteiger partial charge in [-0.05, 0) is 31.6 Å². The molecule has 3 nitrogen and oxygen atoms in total. The zero-order valence-electron chi connectivity index (χ0n) is 11.4. The van der Waals surface area contributed by atoms with Gasteiger partial charge in [0.2, 0.25) is 0 Å². The van der Waals surface area contributed by atoms with Gasteiger partial charge in [-0.2, -0.15) is 0 Å². The molecule has 0 unspecified atom stereocenters. The third-order valence-corrected chi connectivity index (χ3v) is 4.65. The van der Waals surface area contributed by atoms with E-state index in [4.69, 9.17) is 0 Å². The van der Waals surface area contributed by atoms with Crippen molar-refractivity contribution < 1.29 is 0 Å². The largest absolute Gasteiger partial charge is 0.345 e. The Morgan fingerprint density at radius 3 is 2.78 bits per heavy atom. The van der Waals surface area contributed by atoms with Crippen LogP contribution in [0.25, 0.3) is 0 Å². The van der Waals surface area contributed by atoms with Crippen LogP contribution in [0.2, 0.25) is 0 Å². The van der Waals surface area contributed by atoms with Crippen molar-refractivity contribution >= 4 is 16.5 Å². The summed E-state index contributed by atoms with van der Waals surface area (Å²) in [4.78, 5) is 8.57. The Morgan fingerprint density at radius 2 is 2.17 bits per heavy atom. The van der Waals surface area contributed by atoms with Gasteiger partial charge >= 0.3 is 0 Å². The lowest BCUT2D eigenvalue weighted by molar-refractivity contribution is 0.593. The molecule has 0 aromatic carbocycles. The molecular weight excluding hydrogens is 242 g/mol. The molecule has 0 radical (unpaired) electrons. The lowest BCUT2D eigenvalue weighted by Crippen LogP contribution is -2.27. The molecule has 3 rings (SSSR count). The van der Waals surface area contributed by atoms with Crippen molar-refractivity contribution in [2.24, 2.45) is 5.92 Å². The minimum Gasteiger partial charge on any atom is -0.345 e. The maximum absolute atomic E-state index is 4.64. The molecule has 0 bridgehead atoms. The number of rotatable bonds is 7. The first-order valence-corrected chi connectivity index (χ1v) is 7.98. The van der Waals surface area contributed by atoms with Gasteiger partial charge in [0.15, 0.2) is 5.13 Å². The fourth-order valence-electron chi connectivity index (χ4n) is 2.16. The molecule has 2 aliphatic carbocycles. The molecule has 0 aliphatic heterocycles. The zero-order valence-corrected chi connectivity index (χ0v) is 12.2. The van der Waals surface area contributed by atoms with E-state index in [1.807, 2.05) is 11.3 Å². The highest BCUT2D eigenvalue weighted by Crippen LogP contribution is 2.38. The van der Waals surface area contributed by atoms with E-state index in [2.05, 4.69) is 35.2 Å². The zero-order chi connectivity index (χ0) is 12.5. The highest BCUT2D eigenvalue weighted by Gasteiger charge is 2.35. The van der Waals surface area contributed by atoms with E-state index in [1.165, 1.54) is 42.2 Å². The molecule has 2 fully saturated rings. The molecule has 2 aliphatic rings. The number of hydrogen-bond donors (Lipinski definition) is 1. The van der Waals surface area contributed by atoms with E-state index in [0.29, 0.717) is 6.04 Å². The smallest absolute Gasteiger partial charge is 0.185 e. The highest BCUT2D eigenvalue weighted by atomic mass is 32.1. The van der Waals surface area contributed by atoms with Crippen molar-refractivity contribution in [2.75, 3.05) is 11.4 Å². The van der Waals surface area contributed by atoms with Crippen LogP contribution in [0, 0.1) is 5.92 Å². The average Bonchev–Trinajstić information content (AvgIpc) is 3.23. The minimum atomic E-state index is 0.543. The van der Waals surface area contributed by atoms with Crippen molar-refractivity contribution in [3.05, 3.63) is 11.1 Å². The second-order valence-electron chi connectivity index (χ2n) is 5.97. The van der Waals surface area contributed by atoms with Crippen LogP contribution in [0.3, 0.4) is 0 Å². The standard InChI is InChI=1S/C14H23N3S/c1-10(2)15-7-13-8-16-14(18-13)17(12-5-6-12)9-11-3-4-11/h8,10-12,15H,3-7,9H2,1-2H3. The van der Waals surface area contributed by atoms with Crippen LogP contribution in [-0.2, 0) is 6.54 Å². The Labute approximate surface area is 114 Å². The summed E-state index contributed by atoms with van der Waals surface area (Å²) < 4.78 is 0. The van der Waals surface area contributed by atoms with Gasteiger partial charge in [0, 0.05) is 36.2 Å². The van der Waals surface area contributed by atoms with Gasteiger partial charge in [-0.3, -0.25) is 0 Å². The normalized spacial score (nSPS) is 19.5. The lowest BCUT2D eigenvalue weighted by Gasteiger charge is -2.21. The van der Waals surface area contributed by atoms with Crippen molar-refractivity contribution in [1.82, 2.24) is 10.3 Å². The number of nitrogens with one attached hydrogen (secondary N) is 1. The van der Waals surface area contributed by atoms with Crippen LogP contribution in [0.15, 0.2) is 6.20 Å². The third-order valence-electron chi connectivity index (χ3n) is 3.61. The Morgan fingerprint density at radius 1 is 1.39 bits per heavy atom. The molecule has 0 atom stereocenters. The molecular formula is C14H23N3S. The minimum absolute atomic E-state index is 0.543. The SMILES string of the molecule is CC(C)NCc1cnc(N(CC2CC2)C2CC2)s1. The molecule has 4 heteroatoms. The highest BCUT2D eigenvalue weighted by molar-refractivity contribution is 7.15. The Hall–Kier alpha value is -0.610. The predicted octanol–water partition coefficient (Wildman–Crippen LogP) is 3.02. The van der Waals surface area contributed by atoms with Gasteiger partial charge in [-0.1, -0.05) is 13.8 Å². The van der Waals surface area contributed by atoms with Crippen molar-refractivity contribution in [1.29, 1.82) is 0 Å². The van der Waals surface area contributed by atoms with Crippen molar-refractivity contribution in [3.8, 4) is 0 Å². The topological polar surface area (TPSA) is 28.2 Å². The Kier molecular flexibility index (Phi) is 3.57. The van der Waals surface area contributed by atoms with Crippen LogP contribution in [0.1, 0.15) is 44.4 Å². The Balaban J connectivity index is 1.62. The first-order chi connectivity index (χ1) is 8.72. The summed E-state index contributed by atoms with van der Waals surface area (Å²) >= 11 is 1.87. The van der Waals surface area contributed by atoms with Crippen LogP contribution < -0.4 is 10.2 Å². The van der Waals surface area contributed by atoms with E-state index in [9.17, 15) is 0 Å². The molecule has 18 heavy (non-hydrogen) atoms. The summed E-state index contributed by atoms with van der Waals surface area (Å²) in [6, 6.07) is 1.34. The quantitative estimate of drug-likeness (QED) is 0.821. The van der Waals surface area contributed by atoms with Gasteiger partial charge in [0.05, 0.1) is 0 Å². The van der Waals surface area contributed by atoms with E-state index in [0.717, 1.165) is 18.5 Å². The molecule has 100 valence electrons. The number of anilines is 1. The maximum Gasteiger partial charge on any atom is 0.185 e. The molecule has 1 heterocycles. The molecule has 1 aromatic heterocycles. The van der Waals surface area contributed by atoms with Gasteiger partial charge in [-0.25, -0.2) is 4.98 Å². The van der Waals surface area contributed by atoms with Crippen LogP contribution in [0.5, 0.6) is 0 Å². The van der Waals surface area contributed by atoms with E-state index < -0.39 is 0 Å². The number of nitrogens with zero attached hydrogens (tertiary/aromatic N) is 2. The van der Waals surface area contributed by atoms with Crippen LogP contribution in [-0.4, -0.2) is 23.6 Å². The molecule has 0 saturated heterocycles. The van der Waals surface area contributed by atoms with E-state index in [-0.39, 0.29) is 0 Å². The summed E-state index contributed by atoms with van der Waals surface area (Å²) in [5.74, 6) is 0.951. The monoisotopic (exact) mass is 265 g/mol. The van der Waals surface area contributed by atoms with Gasteiger partial charge < -0.3 is 10.2 Å². The van der Waals surface area contributed by atoms with Gasteiger partial charge in [0.25, 0.3) is 0 Å². The molecule has 2 saturated carbocycles. The van der Waals surface area contributed by atoms with Crippen molar-refractivity contribution in [2.45, 2.75) is 58.2 Å². The fraction of sp³-hybridized carbons (Fsp3) is 0.786. The van der Waals surface area contributed by atoms with E-state index >= 15 is 0 Å². The number of aromatic nitrogens is 1. The lowest BCUT2D eigenvalue weighted by atomic mass is 10.4. The third kappa shape index (κ3) is 3.23. The summed E-state index contributed by atoms with van der Waals surface area (Å²) in [6.07, 6.45) is 7.64. The molecule has 1 aromatic rings. The summed E-state index contributed by atoms with van der Waals surface area (Å²) in [5, 5.41) is 4.72. The second-order valence-corrected chi connectivity index (χ2v) is 7.07. The number of thiazole rings is 1. The molecule has 1 N–H and O–H groups in total. The maximum atomic E-state index is 4.64. The average molecular weight is 265 g/mol. The van der Waals surface area contributed by atoms with Gasteiger partial charge in [0.1, 0.15) is 0 Å². The number of hydrogen-bond acceptors (Lipinski definition) is 4. The molecule has 0 spiro atoms. The second kappa shape index (κ2) is 5.17. The first kappa shape index (κ1) is 12.4. The molecule has 0 amide bonds.